The highest BCUT2D eigenvalue weighted by Crippen LogP contribution is 2.25. The smallest absolute Gasteiger partial charge is 0.0565 e. The van der Waals surface area contributed by atoms with Crippen molar-refractivity contribution in [3.63, 3.8) is 0 Å². The van der Waals surface area contributed by atoms with Crippen LogP contribution in [0.3, 0.4) is 0 Å². The summed E-state index contributed by atoms with van der Waals surface area (Å²) in [4.78, 5) is 5.30. The first kappa shape index (κ1) is 14.3. The summed E-state index contributed by atoms with van der Waals surface area (Å²) in [6.45, 7) is 16.3. The minimum atomic E-state index is 0.322. The number of piperazine rings is 1. The molecule has 3 nitrogen and oxygen atoms in total. The minimum Gasteiger partial charge on any atom is -0.375 e. The first-order valence-corrected chi connectivity index (χ1v) is 7.51. The van der Waals surface area contributed by atoms with Gasteiger partial charge in [-0.1, -0.05) is 0 Å². The number of hydrogen-bond acceptors (Lipinski definition) is 3. The van der Waals surface area contributed by atoms with E-state index in [4.69, 9.17) is 4.74 Å². The molecule has 0 amide bonds. The number of rotatable bonds is 1. The van der Waals surface area contributed by atoms with Gasteiger partial charge in [-0.05, 0) is 47.5 Å². The van der Waals surface area contributed by atoms with Gasteiger partial charge in [0.15, 0.2) is 0 Å². The Morgan fingerprint density at radius 1 is 0.889 bits per heavy atom. The van der Waals surface area contributed by atoms with Gasteiger partial charge in [-0.3, -0.25) is 9.80 Å². The van der Waals surface area contributed by atoms with Crippen LogP contribution in [0.2, 0.25) is 0 Å². The zero-order chi connectivity index (χ0) is 13.3. The molecule has 2 aliphatic rings. The number of ether oxygens (including phenoxy) is 1. The second-order valence-corrected chi connectivity index (χ2v) is 7.08. The van der Waals surface area contributed by atoms with Gasteiger partial charge in [0.05, 0.1) is 12.2 Å². The van der Waals surface area contributed by atoms with Gasteiger partial charge in [0.1, 0.15) is 0 Å². The van der Waals surface area contributed by atoms with Crippen molar-refractivity contribution in [2.45, 2.75) is 71.2 Å². The lowest BCUT2D eigenvalue weighted by molar-refractivity contribution is -0.0749. The maximum absolute atomic E-state index is 5.85. The molecule has 0 spiro atoms. The second-order valence-electron chi connectivity index (χ2n) is 7.08. The molecule has 106 valence electrons. The molecular formula is C15H30N2O. The summed E-state index contributed by atoms with van der Waals surface area (Å²) in [7, 11) is 0. The van der Waals surface area contributed by atoms with E-state index >= 15 is 0 Å². The molecule has 18 heavy (non-hydrogen) atoms. The predicted molar refractivity (Wildman–Crippen MR) is 75.9 cm³/mol. The molecule has 2 saturated heterocycles. The highest BCUT2D eigenvalue weighted by molar-refractivity contribution is 4.87. The average molecular weight is 254 g/mol. The van der Waals surface area contributed by atoms with Crippen molar-refractivity contribution >= 4 is 0 Å². The molecule has 0 bridgehead atoms. The van der Waals surface area contributed by atoms with E-state index < -0.39 is 0 Å². The fourth-order valence-electron chi connectivity index (χ4n) is 3.43. The van der Waals surface area contributed by atoms with E-state index in [1.165, 1.54) is 39.0 Å². The maximum atomic E-state index is 5.85. The Hall–Kier alpha value is -0.120. The van der Waals surface area contributed by atoms with Gasteiger partial charge in [0, 0.05) is 37.8 Å². The molecular weight excluding hydrogens is 224 g/mol. The van der Waals surface area contributed by atoms with E-state index in [1.807, 2.05) is 0 Å². The van der Waals surface area contributed by atoms with Gasteiger partial charge < -0.3 is 4.74 Å². The van der Waals surface area contributed by atoms with Gasteiger partial charge in [-0.2, -0.15) is 0 Å². The molecule has 0 aromatic carbocycles. The molecule has 0 aliphatic carbocycles. The van der Waals surface area contributed by atoms with Crippen molar-refractivity contribution in [2.75, 3.05) is 26.2 Å². The molecule has 2 fully saturated rings. The van der Waals surface area contributed by atoms with Crippen LogP contribution in [-0.2, 0) is 4.74 Å². The molecule has 2 aliphatic heterocycles. The summed E-state index contributed by atoms with van der Waals surface area (Å²) in [5, 5.41) is 0. The van der Waals surface area contributed by atoms with Crippen molar-refractivity contribution in [1.82, 2.24) is 9.80 Å². The van der Waals surface area contributed by atoms with E-state index in [0.29, 0.717) is 17.7 Å². The van der Waals surface area contributed by atoms with Crippen molar-refractivity contribution in [3.05, 3.63) is 0 Å². The normalized spacial score (nSPS) is 36.8. The fourth-order valence-corrected chi connectivity index (χ4v) is 3.43. The van der Waals surface area contributed by atoms with Crippen LogP contribution in [0.25, 0.3) is 0 Å². The SMILES string of the molecule is CC1CC(N2CCN(C(C)(C)C)CC2)CC(C)O1. The molecule has 0 N–H and O–H groups in total. The van der Waals surface area contributed by atoms with Crippen molar-refractivity contribution in [2.24, 2.45) is 0 Å². The van der Waals surface area contributed by atoms with Gasteiger partial charge in [0.25, 0.3) is 0 Å². The van der Waals surface area contributed by atoms with Crippen LogP contribution in [0.1, 0.15) is 47.5 Å². The third-order valence-electron chi connectivity index (χ3n) is 4.45. The lowest BCUT2D eigenvalue weighted by atomic mass is 9.97. The summed E-state index contributed by atoms with van der Waals surface area (Å²) < 4.78 is 5.85. The van der Waals surface area contributed by atoms with Crippen LogP contribution in [0.5, 0.6) is 0 Å². The fraction of sp³-hybridized carbons (Fsp3) is 1.00. The Labute approximate surface area is 112 Å². The predicted octanol–water partition coefficient (Wildman–Crippen LogP) is 2.36. The van der Waals surface area contributed by atoms with Crippen LogP contribution in [0.4, 0.5) is 0 Å². The summed E-state index contributed by atoms with van der Waals surface area (Å²) in [5.74, 6) is 0. The van der Waals surface area contributed by atoms with Crippen LogP contribution >= 0.6 is 0 Å². The summed E-state index contributed by atoms with van der Waals surface area (Å²) >= 11 is 0. The number of nitrogens with zero attached hydrogens (tertiary/aromatic N) is 2. The van der Waals surface area contributed by atoms with Crippen molar-refractivity contribution < 1.29 is 4.74 Å². The summed E-state index contributed by atoms with van der Waals surface area (Å²) in [6, 6.07) is 0.742. The molecule has 2 atom stereocenters. The van der Waals surface area contributed by atoms with Gasteiger partial charge >= 0.3 is 0 Å². The highest BCUT2D eigenvalue weighted by Gasteiger charge is 2.32. The molecule has 2 heterocycles. The summed E-state index contributed by atoms with van der Waals surface area (Å²) in [6.07, 6.45) is 3.28. The first-order chi connectivity index (χ1) is 8.36. The summed E-state index contributed by atoms with van der Waals surface area (Å²) in [5.41, 5.74) is 0.322. The quantitative estimate of drug-likeness (QED) is 0.714. The van der Waals surface area contributed by atoms with Gasteiger partial charge in [-0.15, -0.1) is 0 Å². The Morgan fingerprint density at radius 2 is 1.39 bits per heavy atom. The lowest BCUT2D eigenvalue weighted by Gasteiger charge is -2.46. The maximum Gasteiger partial charge on any atom is 0.0565 e. The molecule has 0 saturated carbocycles. The molecule has 0 aromatic rings. The molecule has 2 unspecified atom stereocenters. The number of hydrogen-bond donors (Lipinski definition) is 0. The Morgan fingerprint density at radius 3 is 1.83 bits per heavy atom. The van der Waals surface area contributed by atoms with E-state index in [2.05, 4.69) is 44.4 Å². The topological polar surface area (TPSA) is 15.7 Å². The van der Waals surface area contributed by atoms with Crippen LogP contribution in [0, 0.1) is 0 Å². The van der Waals surface area contributed by atoms with E-state index in [0.717, 1.165) is 6.04 Å². The minimum absolute atomic E-state index is 0.322. The highest BCUT2D eigenvalue weighted by atomic mass is 16.5. The Kier molecular flexibility index (Phi) is 4.35. The van der Waals surface area contributed by atoms with Crippen LogP contribution in [-0.4, -0.2) is 59.8 Å². The molecule has 2 rings (SSSR count). The second kappa shape index (κ2) is 5.48. The first-order valence-electron chi connectivity index (χ1n) is 7.51. The van der Waals surface area contributed by atoms with Crippen molar-refractivity contribution in [1.29, 1.82) is 0 Å². The standard InChI is InChI=1S/C15H30N2O/c1-12-10-14(11-13(2)18-12)16-6-8-17(9-7-16)15(3,4)5/h12-14H,6-11H2,1-5H3. The van der Waals surface area contributed by atoms with E-state index in [9.17, 15) is 0 Å². The Balaban J connectivity index is 1.86. The van der Waals surface area contributed by atoms with Gasteiger partial charge in [-0.25, -0.2) is 0 Å². The monoisotopic (exact) mass is 254 g/mol. The van der Waals surface area contributed by atoms with Crippen LogP contribution < -0.4 is 0 Å². The molecule has 0 radical (unpaired) electrons. The largest absolute Gasteiger partial charge is 0.375 e. The van der Waals surface area contributed by atoms with Crippen LogP contribution in [0.15, 0.2) is 0 Å². The zero-order valence-corrected chi connectivity index (χ0v) is 12.8. The molecule has 0 aromatic heterocycles. The molecule has 3 heteroatoms. The van der Waals surface area contributed by atoms with E-state index in [1.54, 1.807) is 0 Å². The zero-order valence-electron chi connectivity index (χ0n) is 12.8. The third-order valence-corrected chi connectivity index (χ3v) is 4.45. The lowest BCUT2D eigenvalue weighted by Crippen LogP contribution is -2.57. The van der Waals surface area contributed by atoms with E-state index in [-0.39, 0.29) is 0 Å². The third kappa shape index (κ3) is 3.46. The van der Waals surface area contributed by atoms with Crippen molar-refractivity contribution in [3.8, 4) is 0 Å². The Bertz CT molecular complexity index is 256. The van der Waals surface area contributed by atoms with Gasteiger partial charge in [0.2, 0.25) is 0 Å². The average Bonchev–Trinajstić information content (AvgIpc) is 2.27.